The van der Waals surface area contributed by atoms with Crippen molar-refractivity contribution in [3.63, 3.8) is 0 Å². The van der Waals surface area contributed by atoms with Crippen LogP contribution in [0.1, 0.15) is 25.0 Å². The minimum absolute atomic E-state index is 0.0870. The maximum absolute atomic E-state index is 2.53. The summed E-state index contributed by atoms with van der Waals surface area (Å²) in [4.78, 5) is 0. The highest BCUT2D eigenvalue weighted by molar-refractivity contribution is 6.27. The zero-order valence-electron chi connectivity index (χ0n) is 22.6. The van der Waals surface area contributed by atoms with E-state index in [0.717, 1.165) is 0 Å². The molecular weight excluding hydrogens is 482 g/mol. The topological polar surface area (TPSA) is 4.41 Å². The van der Waals surface area contributed by atoms with Crippen molar-refractivity contribution < 1.29 is 0 Å². The number of hydrogen-bond acceptors (Lipinski definition) is 0. The Hall–Kier alpha value is -4.88. The summed E-state index contributed by atoms with van der Waals surface area (Å²) in [5, 5.41) is 5.40. The molecule has 9 rings (SSSR count). The van der Waals surface area contributed by atoms with Crippen LogP contribution in [-0.2, 0) is 5.41 Å². The second kappa shape index (κ2) is 7.61. The molecule has 1 heteroatoms. The van der Waals surface area contributed by atoms with Crippen molar-refractivity contribution in [2.24, 2.45) is 0 Å². The van der Waals surface area contributed by atoms with Crippen LogP contribution in [0.4, 0.5) is 0 Å². The van der Waals surface area contributed by atoms with Crippen molar-refractivity contribution in [3.8, 4) is 33.4 Å². The van der Waals surface area contributed by atoms with Gasteiger partial charge in [-0.05, 0) is 74.8 Å². The SMILES string of the molecule is CC1(C)c2ccccc2-c2cc3c4cc(-c5ccccc5)ccc4n4c5ccc(-c6ccccc6)cc5c(c21)c34. The number of aromatic nitrogens is 1. The lowest BCUT2D eigenvalue weighted by Gasteiger charge is -2.22. The molecule has 0 bridgehead atoms. The lowest BCUT2D eigenvalue weighted by molar-refractivity contribution is 0.667. The van der Waals surface area contributed by atoms with Gasteiger partial charge in [0, 0.05) is 27.0 Å². The molecule has 8 aromatic rings. The summed E-state index contributed by atoms with van der Waals surface area (Å²) in [6.45, 7) is 4.80. The molecule has 0 saturated carbocycles. The number of fused-ring (bicyclic) bond motifs is 10. The maximum Gasteiger partial charge on any atom is 0.0624 e. The summed E-state index contributed by atoms with van der Waals surface area (Å²) in [6.07, 6.45) is 0. The van der Waals surface area contributed by atoms with E-state index in [9.17, 15) is 0 Å². The van der Waals surface area contributed by atoms with Crippen LogP contribution >= 0.6 is 0 Å². The van der Waals surface area contributed by atoms with E-state index >= 15 is 0 Å². The molecule has 1 aliphatic rings. The lowest BCUT2D eigenvalue weighted by atomic mass is 9.80. The molecule has 0 amide bonds. The van der Waals surface area contributed by atoms with Crippen LogP contribution < -0.4 is 0 Å². The normalized spacial score (nSPS) is 13.9. The molecule has 0 radical (unpaired) electrons. The van der Waals surface area contributed by atoms with E-state index < -0.39 is 0 Å². The summed E-state index contributed by atoms with van der Waals surface area (Å²) in [5.41, 5.74) is 14.5. The van der Waals surface area contributed by atoms with Crippen LogP contribution in [0, 0.1) is 0 Å². The largest absolute Gasteiger partial charge is 0.308 e. The van der Waals surface area contributed by atoms with Gasteiger partial charge in [0.05, 0.1) is 16.6 Å². The van der Waals surface area contributed by atoms with Crippen LogP contribution in [0.2, 0.25) is 0 Å². The summed E-state index contributed by atoms with van der Waals surface area (Å²) in [6, 6.07) is 47.0. The van der Waals surface area contributed by atoms with Gasteiger partial charge in [0.15, 0.2) is 0 Å². The molecule has 0 unspecified atom stereocenters. The molecule has 0 spiro atoms. The first-order valence-electron chi connectivity index (χ1n) is 14.1. The van der Waals surface area contributed by atoms with Gasteiger partial charge in [-0.3, -0.25) is 0 Å². The van der Waals surface area contributed by atoms with Crippen molar-refractivity contribution in [1.82, 2.24) is 4.40 Å². The summed E-state index contributed by atoms with van der Waals surface area (Å²) >= 11 is 0. The zero-order valence-corrected chi connectivity index (χ0v) is 22.6. The van der Waals surface area contributed by atoms with Gasteiger partial charge in [0.2, 0.25) is 0 Å². The monoisotopic (exact) mass is 509 g/mol. The molecule has 0 fully saturated rings. The summed E-state index contributed by atoms with van der Waals surface area (Å²) in [7, 11) is 0. The van der Waals surface area contributed by atoms with Crippen LogP contribution in [0.3, 0.4) is 0 Å². The van der Waals surface area contributed by atoms with Gasteiger partial charge >= 0.3 is 0 Å². The van der Waals surface area contributed by atoms with E-state index in [1.54, 1.807) is 0 Å². The third-order valence-electron chi connectivity index (χ3n) is 9.29. The number of hydrogen-bond donors (Lipinski definition) is 0. The minimum Gasteiger partial charge on any atom is -0.308 e. The van der Waals surface area contributed by atoms with E-state index in [0.29, 0.717) is 0 Å². The minimum atomic E-state index is -0.0870. The maximum atomic E-state index is 2.53. The molecule has 2 heterocycles. The van der Waals surface area contributed by atoms with Gasteiger partial charge < -0.3 is 4.40 Å². The Balaban J connectivity index is 1.48. The van der Waals surface area contributed by atoms with E-state index in [4.69, 9.17) is 0 Å². The molecule has 1 nitrogen and oxygen atoms in total. The smallest absolute Gasteiger partial charge is 0.0624 e. The number of benzene rings is 6. The molecule has 40 heavy (non-hydrogen) atoms. The Morgan fingerprint density at radius 2 is 1.05 bits per heavy atom. The molecule has 0 saturated heterocycles. The second-order valence-corrected chi connectivity index (χ2v) is 11.8. The third-order valence-corrected chi connectivity index (χ3v) is 9.29. The van der Waals surface area contributed by atoms with E-state index in [-0.39, 0.29) is 5.41 Å². The molecule has 0 aliphatic heterocycles. The lowest BCUT2D eigenvalue weighted by Crippen LogP contribution is -2.15. The Kier molecular flexibility index (Phi) is 4.18. The Morgan fingerprint density at radius 3 is 1.73 bits per heavy atom. The highest BCUT2D eigenvalue weighted by atomic mass is 14.9. The first kappa shape index (κ1) is 22.0. The molecule has 6 aromatic carbocycles. The molecule has 188 valence electrons. The quantitative estimate of drug-likeness (QED) is 0.218. The molecule has 2 aromatic heterocycles. The Labute approximate surface area is 233 Å². The predicted octanol–water partition coefficient (Wildman–Crippen LogP) is 10.5. The fourth-order valence-corrected chi connectivity index (χ4v) is 7.50. The number of nitrogens with zero attached hydrogens (tertiary/aromatic N) is 1. The Bertz CT molecular complexity index is 2270. The van der Waals surface area contributed by atoms with Crippen LogP contribution in [-0.4, -0.2) is 4.40 Å². The first-order valence-corrected chi connectivity index (χ1v) is 14.1. The average molecular weight is 510 g/mol. The van der Waals surface area contributed by atoms with Crippen LogP contribution in [0.5, 0.6) is 0 Å². The standard InChI is InChI=1S/C39H27N/c1-39(2)33-16-10-9-15-28(33)30-23-31-29-21-26(24-11-5-3-6-12-24)17-19-34(29)40-35-20-18-27(25-13-7-4-8-14-25)22-32(35)36(37(30)39)38(31)40/h3-23H,1-2H3. The van der Waals surface area contributed by atoms with Crippen LogP contribution in [0.15, 0.2) is 127 Å². The molecule has 1 aliphatic carbocycles. The van der Waals surface area contributed by atoms with Gasteiger partial charge in [0.1, 0.15) is 0 Å². The molecule has 0 atom stereocenters. The van der Waals surface area contributed by atoms with Crippen molar-refractivity contribution >= 4 is 38.1 Å². The second-order valence-electron chi connectivity index (χ2n) is 11.8. The fraction of sp³-hybridized carbons (Fsp3) is 0.0769. The first-order chi connectivity index (χ1) is 19.6. The summed E-state index contributed by atoms with van der Waals surface area (Å²) in [5.74, 6) is 0. The average Bonchev–Trinajstić information content (AvgIpc) is 3.59. The number of rotatable bonds is 2. The summed E-state index contributed by atoms with van der Waals surface area (Å²) < 4.78 is 2.53. The fourth-order valence-electron chi connectivity index (χ4n) is 7.50. The van der Waals surface area contributed by atoms with Gasteiger partial charge in [-0.2, -0.15) is 0 Å². The molecule has 0 N–H and O–H groups in total. The van der Waals surface area contributed by atoms with Crippen molar-refractivity contribution in [2.45, 2.75) is 19.3 Å². The van der Waals surface area contributed by atoms with Crippen molar-refractivity contribution in [3.05, 3.63) is 139 Å². The van der Waals surface area contributed by atoms with Gasteiger partial charge in [-0.25, -0.2) is 0 Å². The highest BCUT2D eigenvalue weighted by Crippen LogP contribution is 2.55. The van der Waals surface area contributed by atoms with Crippen molar-refractivity contribution in [2.75, 3.05) is 0 Å². The van der Waals surface area contributed by atoms with Gasteiger partial charge in [-0.1, -0.05) is 111 Å². The van der Waals surface area contributed by atoms with Crippen LogP contribution in [0.25, 0.3) is 71.5 Å². The zero-order chi connectivity index (χ0) is 26.6. The third kappa shape index (κ3) is 2.72. The van der Waals surface area contributed by atoms with Crippen molar-refractivity contribution in [1.29, 1.82) is 0 Å². The van der Waals surface area contributed by atoms with E-state index in [1.165, 1.54) is 82.6 Å². The Morgan fingerprint density at radius 1 is 0.475 bits per heavy atom. The van der Waals surface area contributed by atoms with Gasteiger partial charge in [0.25, 0.3) is 0 Å². The van der Waals surface area contributed by atoms with Gasteiger partial charge in [-0.15, -0.1) is 0 Å². The van der Waals surface area contributed by atoms with E-state index in [1.807, 2.05) is 0 Å². The van der Waals surface area contributed by atoms with E-state index in [2.05, 4.69) is 146 Å². The predicted molar refractivity (Wildman–Crippen MR) is 170 cm³/mol. The highest BCUT2D eigenvalue weighted by Gasteiger charge is 2.39. The molecular formula is C39H27N.